The number of hydrogen-bond acceptors (Lipinski definition) is 4. The third kappa shape index (κ3) is 3.34. The van der Waals surface area contributed by atoms with Crippen LogP contribution in [0.4, 0.5) is 4.79 Å². The van der Waals surface area contributed by atoms with Crippen LogP contribution in [0.2, 0.25) is 0 Å². The second kappa shape index (κ2) is 6.32. The Morgan fingerprint density at radius 2 is 2.00 bits per heavy atom. The number of benzene rings is 1. The van der Waals surface area contributed by atoms with Gasteiger partial charge < -0.3 is 19.8 Å². The fourth-order valence-electron chi connectivity index (χ4n) is 2.24. The van der Waals surface area contributed by atoms with E-state index in [4.69, 9.17) is 9.84 Å². The van der Waals surface area contributed by atoms with Crippen LogP contribution in [0.15, 0.2) is 16.6 Å². The number of carboxylic acid groups (broad SMARTS) is 1. The average molecular weight is 345 g/mol. The molecule has 1 fully saturated rings. The summed E-state index contributed by atoms with van der Waals surface area (Å²) in [5.41, 5.74) is 0.764. The van der Waals surface area contributed by atoms with Crippen LogP contribution in [-0.4, -0.2) is 59.4 Å². The number of nitrogens with zero attached hydrogens (tertiary/aromatic N) is 2. The number of methoxy groups -OCH3 is 1. The van der Waals surface area contributed by atoms with E-state index in [0.29, 0.717) is 38.5 Å². The summed E-state index contributed by atoms with van der Waals surface area (Å²) in [4.78, 5) is 14.4. The van der Waals surface area contributed by atoms with E-state index in [-0.39, 0.29) is 5.75 Å². The van der Waals surface area contributed by atoms with Crippen molar-refractivity contribution < 1.29 is 19.7 Å². The maximum Gasteiger partial charge on any atom is 0.407 e. The number of ether oxygens (including phenoxy) is 1. The van der Waals surface area contributed by atoms with E-state index in [1.54, 1.807) is 6.07 Å². The SMILES string of the molecule is COc1cc(Br)cc(CN2CCN(C(=O)O)CC2)c1O. The van der Waals surface area contributed by atoms with Crippen LogP contribution in [0.3, 0.4) is 0 Å². The molecule has 0 bridgehead atoms. The molecule has 7 heteroatoms. The monoisotopic (exact) mass is 344 g/mol. The van der Waals surface area contributed by atoms with Crippen molar-refractivity contribution in [2.75, 3.05) is 33.3 Å². The quantitative estimate of drug-likeness (QED) is 0.876. The Labute approximate surface area is 125 Å². The molecule has 1 aliphatic rings. The van der Waals surface area contributed by atoms with Gasteiger partial charge in [-0.3, -0.25) is 4.90 Å². The molecule has 0 spiro atoms. The number of rotatable bonds is 3. The van der Waals surface area contributed by atoms with Gasteiger partial charge in [-0.25, -0.2) is 4.79 Å². The van der Waals surface area contributed by atoms with Crippen LogP contribution >= 0.6 is 15.9 Å². The summed E-state index contributed by atoms with van der Waals surface area (Å²) >= 11 is 3.39. The molecule has 0 radical (unpaired) electrons. The highest BCUT2D eigenvalue weighted by atomic mass is 79.9. The van der Waals surface area contributed by atoms with Crippen LogP contribution in [0, 0.1) is 0 Å². The van der Waals surface area contributed by atoms with Gasteiger partial charge in [0, 0.05) is 42.8 Å². The summed E-state index contributed by atoms with van der Waals surface area (Å²) in [6, 6.07) is 3.56. The highest BCUT2D eigenvalue weighted by Crippen LogP contribution is 2.34. The molecule has 2 N–H and O–H groups in total. The zero-order valence-corrected chi connectivity index (χ0v) is 12.8. The Hall–Kier alpha value is -1.47. The lowest BCUT2D eigenvalue weighted by molar-refractivity contribution is 0.102. The standard InChI is InChI=1S/C13H17BrN2O4/c1-20-11-7-10(14)6-9(12(11)17)8-15-2-4-16(5-3-15)13(18)19/h6-7,17H,2-5,8H2,1H3,(H,18,19). The van der Waals surface area contributed by atoms with E-state index < -0.39 is 6.09 Å². The molecule has 20 heavy (non-hydrogen) atoms. The van der Waals surface area contributed by atoms with Crippen molar-refractivity contribution in [2.24, 2.45) is 0 Å². The lowest BCUT2D eigenvalue weighted by Gasteiger charge is -2.33. The van der Waals surface area contributed by atoms with Gasteiger partial charge in [0.15, 0.2) is 11.5 Å². The van der Waals surface area contributed by atoms with Gasteiger partial charge in [-0.05, 0) is 12.1 Å². The van der Waals surface area contributed by atoms with Gasteiger partial charge in [-0.1, -0.05) is 15.9 Å². The van der Waals surface area contributed by atoms with Gasteiger partial charge in [0.2, 0.25) is 0 Å². The Balaban J connectivity index is 2.04. The third-order valence-electron chi connectivity index (χ3n) is 3.38. The topological polar surface area (TPSA) is 73.2 Å². The first kappa shape index (κ1) is 14.9. The first-order valence-corrected chi connectivity index (χ1v) is 7.06. The summed E-state index contributed by atoms with van der Waals surface area (Å²) in [5, 5.41) is 19.0. The van der Waals surface area contributed by atoms with Crippen molar-refractivity contribution >= 4 is 22.0 Å². The summed E-state index contributed by atoms with van der Waals surface area (Å²) in [6.07, 6.45) is -0.878. The largest absolute Gasteiger partial charge is 0.504 e. The molecule has 110 valence electrons. The number of piperazine rings is 1. The maximum absolute atomic E-state index is 10.8. The minimum atomic E-state index is -0.878. The lowest BCUT2D eigenvalue weighted by Crippen LogP contribution is -2.47. The molecule has 1 aromatic carbocycles. The van der Waals surface area contributed by atoms with Crippen LogP contribution in [0.25, 0.3) is 0 Å². The van der Waals surface area contributed by atoms with Crippen LogP contribution < -0.4 is 4.74 Å². The predicted octanol–water partition coefficient (Wildman–Crippen LogP) is 1.96. The normalized spacial score (nSPS) is 16.2. The predicted molar refractivity (Wildman–Crippen MR) is 77.2 cm³/mol. The number of aromatic hydroxyl groups is 1. The first-order chi connectivity index (χ1) is 9.51. The van der Waals surface area contributed by atoms with E-state index in [2.05, 4.69) is 20.8 Å². The second-order valence-corrected chi connectivity index (χ2v) is 5.58. The zero-order valence-electron chi connectivity index (χ0n) is 11.2. The second-order valence-electron chi connectivity index (χ2n) is 4.66. The van der Waals surface area contributed by atoms with Crippen LogP contribution in [-0.2, 0) is 6.54 Å². The summed E-state index contributed by atoms with van der Waals surface area (Å²) < 4.78 is 5.96. The molecule has 0 aliphatic carbocycles. The maximum atomic E-state index is 10.8. The molecular weight excluding hydrogens is 328 g/mol. The van der Waals surface area contributed by atoms with Crippen molar-refractivity contribution in [1.82, 2.24) is 9.80 Å². The Bertz CT molecular complexity index is 501. The van der Waals surface area contributed by atoms with Gasteiger partial charge >= 0.3 is 6.09 Å². The number of halogens is 1. The molecular formula is C13H17BrN2O4. The number of amides is 1. The smallest absolute Gasteiger partial charge is 0.407 e. The van der Waals surface area contributed by atoms with E-state index >= 15 is 0 Å². The Kier molecular flexibility index (Phi) is 4.72. The Morgan fingerprint density at radius 1 is 1.35 bits per heavy atom. The summed E-state index contributed by atoms with van der Waals surface area (Å²) in [5.74, 6) is 0.565. The minimum absolute atomic E-state index is 0.136. The van der Waals surface area contributed by atoms with Gasteiger partial charge in [0.05, 0.1) is 7.11 Å². The lowest BCUT2D eigenvalue weighted by atomic mass is 10.1. The fourth-order valence-corrected chi connectivity index (χ4v) is 2.73. The van der Waals surface area contributed by atoms with Gasteiger partial charge in [-0.2, -0.15) is 0 Å². The summed E-state index contributed by atoms with van der Waals surface area (Å²) in [7, 11) is 1.51. The van der Waals surface area contributed by atoms with Gasteiger partial charge in [-0.15, -0.1) is 0 Å². The van der Waals surface area contributed by atoms with E-state index in [0.717, 1.165) is 10.0 Å². The molecule has 1 aliphatic heterocycles. The van der Waals surface area contributed by atoms with Gasteiger partial charge in [0.1, 0.15) is 0 Å². The molecule has 0 atom stereocenters. The first-order valence-electron chi connectivity index (χ1n) is 6.27. The molecule has 1 aromatic rings. The number of phenols is 1. The Morgan fingerprint density at radius 3 is 2.55 bits per heavy atom. The number of hydrogen-bond donors (Lipinski definition) is 2. The molecule has 0 aromatic heterocycles. The highest BCUT2D eigenvalue weighted by molar-refractivity contribution is 9.10. The highest BCUT2D eigenvalue weighted by Gasteiger charge is 2.21. The fraction of sp³-hybridized carbons (Fsp3) is 0.462. The van der Waals surface area contributed by atoms with Gasteiger partial charge in [0.25, 0.3) is 0 Å². The molecule has 1 saturated heterocycles. The van der Waals surface area contributed by atoms with Crippen molar-refractivity contribution in [2.45, 2.75) is 6.54 Å². The number of phenolic OH excluding ortho intramolecular Hbond substituents is 1. The molecule has 1 amide bonds. The molecule has 0 unspecified atom stereocenters. The van der Waals surface area contributed by atoms with Crippen molar-refractivity contribution in [3.05, 3.63) is 22.2 Å². The van der Waals surface area contributed by atoms with Crippen molar-refractivity contribution in [3.8, 4) is 11.5 Å². The molecule has 1 heterocycles. The van der Waals surface area contributed by atoms with Crippen molar-refractivity contribution in [3.63, 3.8) is 0 Å². The molecule has 0 saturated carbocycles. The van der Waals surface area contributed by atoms with Crippen LogP contribution in [0.5, 0.6) is 11.5 Å². The van der Waals surface area contributed by atoms with E-state index in [9.17, 15) is 9.90 Å². The van der Waals surface area contributed by atoms with E-state index in [1.165, 1.54) is 12.0 Å². The van der Waals surface area contributed by atoms with Crippen LogP contribution in [0.1, 0.15) is 5.56 Å². The average Bonchev–Trinajstić information content (AvgIpc) is 2.43. The minimum Gasteiger partial charge on any atom is -0.504 e. The number of carbonyl (C=O) groups is 1. The third-order valence-corrected chi connectivity index (χ3v) is 3.83. The zero-order chi connectivity index (χ0) is 14.7. The molecule has 6 nitrogen and oxygen atoms in total. The van der Waals surface area contributed by atoms with Crippen molar-refractivity contribution in [1.29, 1.82) is 0 Å². The van der Waals surface area contributed by atoms with E-state index in [1.807, 2.05) is 6.07 Å². The molecule has 2 rings (SSSR count). The summed E-state index contributed by atoms with van der Waals surface area (Å²) in [6.45, 7) is 2.85.